The van der Waals surface area contributed by atoms with Crippen LogP contribution in [0.1, 0.15) is 44.1 Å². The van der Waals surface area contributed by atoms with Gasteiger partial charge in [0.25, 0.3) is 0 Å². The highest BCUT2D eigenvalue weighted by Gasteiger charge is 2.17. The molecule has 0 saturated carbocycles. The van der Waals surface area contributed by atoms with Gasteiger partial charge in [-0.05, 0) is 49.8 Å². The maximum absolute atomic E-state index is 12.5. The monoisotopic (exact) mass is 383 g/mol. The lowest BCUT2D eigenvalue weighted by atomic mass is 9.97. The molecule has 0 aromatic heterocycles. The van der Waals surface area contributed by atoms with Gasteiger partial charge in [-0.15, -0.1) is 0 Å². The summed E-state index contributed by atoms with van der Waals surface area (Å²) in [5.74, 6) is -0.220. The van der Waals surface area contributed by atoms with E-state index in [1.165, 1.54) is 18.4 Å². The molecule has 0 saturated heterocycles. The van der Waals surface area contributed by atoms with Crippen molar-refractivity contribution in [2.24, 2.45) is 0 Å². The van der Waals surface area contributed by atoms with E-state index in [-0.39, 0.29) is 18.1 Å². The first-order chi connectivity index (χ1) is 11.8. The van der Waals surface area contributed by atoms with Crippen LogP contribution in [0.4, 0.5) is 0 Å². The van der Waals surface area contributed by atoms with Crippen LogP contribution in [-0.2, 0) is 21.2 Å². The Hall–Kier alpha value is -1.33. The lowest BCUT2D eigenvalue weighted by Gasteiger charge is -2.24. The molecular weight excluding hydrogens is 358 g/mol. The standard InChI is InChI=1S/C19H26ClNO3S/c1-25(23,24)14-12-19(22)21(13-11-16-5-3-2-4-6-16)15-17-7-9-18(20)10-8-17/h5,7-10H,2-4,6,11-15H2,1H3. The molecule has 0 atom stereocenters. The van der Waals surface area contributed by atoms with Crippen molar-refractivity contribution in [1.29, 1.82) is 0 Å². The molecule has 6 heteroatoms. The van der Waals surface area contributed by atoms with Gasteiger partial charge in [0.05, 0.1) is 5.75 Å². The fourth-order valence-electron chi connectivity index (χ4n) is 2.94. The zero-order valence-corrected chi connectivity index (χ0v) is 16.3. The van der Waals surface area contributed by atoms with E-state index in [9.17, 15) is 13.2 Å². The summed E-state index contributed by atoms with van der Waals surface area (Å²) >= 11 is 5.92. The molecule has 1 amide bonds. The fourth-order valence-corrected chi connectivity index (χ4v) is 3.61. The summed E-state index contributed by atoms with van der Waals surface area (Å²) in [6, 6.07) is 7.41. The van der Waals surface area contributed by atoms with Gasteiger partial charge in [-0.3, -0.25) is 4.79 Å². The van der Waals surface area contributed by atoms with Crippen molar-refractivity contribution in [1.82, 2.24) is 4.90 Å². The highest BCUT2D eigenvalue weighted by Crippen LogP contribution is 2.21. The summed E-state index contributed by atoms with van der Waals surface area (Å²) in [7, 11) is -3.14. The van der Waals surface area contributed by atoms with Crippen molar-refractivity contribution in [2.75, 3.05) is 18.6 Å². The van der Waals surface area contributed by atoms with Gasteiger partial charge in [0.2, 0.25) is 5.91 Å². The van der Waals surface area contributed by atoms with Crippen molar-refractivity contribution >= 4 is 27.3 Å². The smallest absolute Gasteiger partial charge is 0.223 e. The van der Waals surface area contributed by atoms with Gasteiger partial charge in [-0.1, -0.05) is 35.4 Å². The highest BCUT2D eigenvalue weighted by molar-refractivity contribution is 7.90. The molecule has 0 spiro atoms. The molecule has 0 N–H and O–H groups in total. The summed E-state index contributed by atoms with van der Waals surface area (Å²) in [6.45, 7) is 1.10. The Labute approximate surface area is 155 Å². The largest absolute Gasteiger partial charge is 0.338 e. The summed E-state index contributed by atoms with van der Waals surface area (Å²) in [6.07, 6.45) is 9.02. The molecule has 1 aromatic carbocycles. The molecule has 0 radical (unpaired) electrons. The van der Waals surface area contributed by atoms with Crippen LogP contribution in [0.5, 0.6) is 0 Å². The van der Waals surface area contributed by atoms with E-state index in [4.69, 9.17) is 11.6 Å². The number of hydrogen-bond acceptors (Lipinski definition) is 3. The third-order valence-electron chi connectivity index (χ3n) is 4.41. The number of nitrogens with zero attached hydrogens (tertiary/aromatic N) is 1. The predicted molar refractivity (Wildman–Crippen MR) is 102 cm³/mol. The summed E-state index contributed by atoms with van der Waals surface area (Å²) in [5.41, 5.74) is 2.40. The number of benzene rings is 1. The maximum Gasteiger partial charge on any atom is 0.223 e. The molecule has 4 nitrogen and oxygen atoms in total. The second kappa shape index (κ2) is 9.39. The third-order valence-corrected chi connectivity index (χ3v) is 5.61. The zero-order chi connectivity index (χ0) is 18.3. The van der Waals surface area contributed by atoms with Crippen LogP contribution < -0.4 is 0 Å². The number of allylic oxidation sites excluding steroid dienone is 1. The van der Waals surface area contributed by atoms with E-state index in [0.717, 1.165) is 31.1 Å². The summed E-state index contributed by atoms with van der Waals surface area (Å²) in [5, 5.41) is 0.658. The molecule has 1 aliphatic rings. The molecule has 0 unspecified atom stereocenters. The van der Waals surface area contributed by atoms with Crippen LogP contribution in [0.2, 0.25) is 5.02 Å². The normalized spacial score (nSPS) is 14.9. The quantitative estimate of drug-likeness (QED) is 0.637. The number of sulfone groups is 1. The van der Waals surface area contributed by atoms with Crippen LogP contribution in [0, 0.1) is 0 Å². The number of halogens is 1. The molecular formula is C19H26ClNO3S. The summed E-state index contributed by atoms with van der Waals surface area (Å²) < 4.78 is 22.7. The Morgan fingerprint density at radius 1 is 1.20 bits per heavy atom. The van der Waals surface area contributed by atoms with Gasteiger partial charge >= 0.3 is 0 Å². The minimum atomic E-state index is -3.14. The fraction of sp³-hybridized carbons (Fsp3) is 0.526. The minimum Gasteiger partial charge on any atom is -0.338 e. The molecule has 138 valence electrons. The average molecular weight is 384 g/mol. The summed E-state index contributed by atoms with van der Waals surface area (Å²) in [4.78, 5) is 14.3. The van der Waals surface area contributed by atoms with Crippen LogP contribution in [-0.4, -0.2) is 37.8 Å². The molecule has 1 aromatic rings. The van der Waals surface area contributed by atoms with E-state index >= 15 is 0 Å². The molecule has 0 heterocycles. The van der Waals surface area contributed by atoms with E-state index in [0.29, 0.717) is 18.1 Å². The van der Waals surface area contributed by atoms with Crippen LogP contribution in [0.15, 0.2) is 35.9 Å². The molecule has 0 aliphatic heterocycles. The number of hydrogen-bond donors (Lipinski definition) is 0. The third kappa shape index (κ3) is 7.61. The van der Waals surface area contributed by atoms with Gasteiger partial charge in [0, 0.05) is 30.8 Å². The minimum absolute atomic E-state index is 0.0332. The maximum atomic E-state index is 12.5. The first kappa shape index (κ1) is 20.0. The van der Waals surface area contributed by atoms with Crippen molar-refractivity contribution < 1.29 is 13.2 Å². The van der Waals surface area contributed by atoms with Crippen LogP contribution in [0.25, 0.3) is 0 Å². The van der Waals surface area contributed by atoms with Crippen molar-refractivity contribution in [3.05, 3.63) is 46.5 Å². The van der Waals surface area contributed by atoms with E-state index in [1.54, 1.807) is 17.0 Å². The molecule has 2 rings (SSSR count). The second-order valence-corrected chi connectivity index (χ2v) is 9.38. The van der Waals surface area contributed by atoms with Crippen molar-refractivity contribution in [3.8, 4) is 0 Å². The van der Waals surface area contributed by atoms with Gasteiger partial charge in [0.1, 0.15) is 9.84 Å². The molecule has 1 aliphatic carbocycles. The number of rotatable bonds is 8. The second-order valence-electron chi connectivity index (χ2n) is 6.68. The number of carbonyl (C=O) groups excluding carboxylic acids is 1. The van der Waals surface area contributed by atoms with Crippen LogP contribution >= 0.6 is 11.6 Å². The van der Waals surface area contributed by atoms with Gasteiger partial charge in [-0.2, -0.15) is 0 Å². The predicted octanol–water partition coefficient (Wildman–Crippen LogP) is 3.99. The van der Waals surface area contributed by atoms with E-state index in [1.807, 2.05) is 12.1 Å². The Morgan fingerprint density at radius 2 is 1.92 bits per heavy atom. The first-order valence-electron chi connectivity index (χ1n) is 8.71. The number of amides is 1. The van der Waals surface area contributed by atoms with Gasteiger partial charge < -0.3 is 4.90 Å². The Kier molecular flexibility index (Phi) is 7.51. The van der Waals surface area contributed by atoms with Crippen molar-refractivity contribution in [3.63, 3.8) is 0 Å². The van der Waals surface area contributed by atoms with Gasteiger partial charge in [-0.25, -0.2) is 8.42 Å². The lowest BCUT2D eigenvalue weighted by Crippen LogP contribution is -2.33. The zero-order valence-electron chi connectivity index (χ0n) is 14.7. The topological polar surface area (TPSA) is 54.5 Å². The Bertz CT molecular complexity index is 711. The number of carbonyl (C=O) groups is 1. The molecule has 25 heavy (non-hydrogen) atoms. The van der Waals surface area contributed by atoms with E-state index in [2.05, 4.69) is 6.08 Å². The van der Waals surface area contributed by atoms with Crippen LogP contribution in [0.3, 0.4) is 0 Å². The highest BCUT2D eigenvalue weighted by atomic mass is 35.5. The lowest BCUT2D eigenvalue weighted by molar-refractivity contribution is -0.131. The van der Waals surface area contributed by atoms with Gasteiger partial charge in [0.15, 0.2) is 0 Å². The Morgan fingerprint density at radius 3 is 2.52 bits per heavy atom. The molecule has 0 bridgehead atoms. The first-order valence-corrected chi connectivity index (χ1v) is 11.2. The van der Waals surface area contributed by atoms with E-state index < -0.39 is 9.84 Å². The SMILES string of the molecule is CS(=O)(=O)CCC(=O)N(CCC1=CCCCC1)Cc1ccc(Cl)cc1. The molecule has 0 fully saturated rings. The van der Waals surface area contributed by atoms with Crippen molar-refractivity contribution in [2.45, 2.75) is 45.1 Å². The average Bonchev–Trinajstić information content (AvgIpc) is 2.58. The Balaban J connectivity index is 2.02.